The third-order valence-corrected chi connectivity index (χ3v) is 3.27. The fourth-order valence-corrected chi connectivity index (χ4v) is 2.19. The van der Waals surface area contributed by atoms with Gasteiger partial charge in [-0.05, 0) is 30.9 Å². The van der Waals surface area contributed by atoms with E-state index in [1.807, 2.05) is 19.1 Å². The van der Waals surface area contributed by atoms with Crippen LogP contribution in [0, 0.1) is 0 Å². The van der Waals surface area contributed by atoms with Gasteiger partial charge in [0.1, 0.15) is 5.78 Å². The van der Waals surface area contributed by atoms with Gasteiger partial charge in [0, 0.05) is 13.0 Å². The molecule has 1 aliphatic heterocycles. The lowest BCUT2D eigenvalue weighted by Crippen LogP contribution is -2.41. The first-order chi connectivity index (χ1) is 8.16. The lowest BCUT2D eigenvalue weighted by Gasteiger charge is -2.25. The number of Topliss-reactive ketones (excluding diaryl/α,β-unsaturated/α-hetero) is 1. The van der Waals surface area contributed by atoms with E-state index < -0.39 is 0 Å². The second-order valence-electron chi connectivity index (χ2n) is 4.83. The van der Waals surface area contributed by atoms with Gasteiger partial charge in [-0.1, -0.05) is 29.8 Å². The van der Waals surface area contributed by atoms with E-state index in [-0.39, 0.29) is 6.04 Å². The molecule has 1 aromatic rings. The summed E-state index contributed by atoms with van der Waals surface area (Å²) in [6.45, 7) is 6.61. The zero-order valence-electron chi connectivity index (χ0n) is 10.3. The maximum Gasteiger partial charge on any atom is 0.150 e. The molecule has 1 heterocycles. The van der Waals surface area contributed by atoms with Crippen molar-refractivity contribution in [2.24, 2.45) is 0 Å². The topological polar surface area (TPSA) is 29.1 Å². The van der Waals surface area contributed by atoms with E-state index in [0.717, 1.165) is 25.0 Å². The molecule has 2 rings (SSSR count). The Morgan fingerprint density at radius 2 is 2.06 bits per heavy atom. The zero-order chi connectivity index (χ0) is 12.3. The van der Waals surface area contributed by atoms with Gasteiger partial charge in [0.2, 0.25) is 0 Å². The Hall–Kier alpha value is -1.41. The van der Waals surface area contributed by atoms with Crippen molar-refractivity contribution in [1.82, 2.24) is 5.32 Å². The smallest absolute Gasteiger partial charge is 0.150 e. The van der Waals surface area contributed by atoms with Crippen molar-refractivity contribution in [3.05, 3.63) is 47.5 Å². The fraction of sp³-hybridized carbons (Fsp3) is 0.400. The predicted octanol–water partition coefficient (Wildman–Crippen LogP) is 2.63. The molecule has 0 aromatic heterocycles. The zero-order valence-corrected chi connectivity index (χ0v) is 10.3. The average Bonchev–Trinajstić information content (AvgIpc) is 2.35. The third-order valence-electron chi connectivity index (χ3n) is 3.27. The Labute approximate surface area is 103 Å². The minimum absolute atomic E-state index is 0.00995. The highest BCUT2D eigenvalue weighted by Crippen LogP contribution is 2.18. The van der Waals surface area contributed by atoms with Crippen molar-refractivity contribution < 1.29 is 4.79 Å². The summed E-state index contributed by atoms with van der Waals surface area (Å²) in [7, 11) is 0. The highest BCUT2D eigenvalue weighted by atomic mass is 16.1. The average molecular weight is 229 g/mol. The molecule has 2 heteroatoms. The first kappa shape index (κ1) is 12.1. The van der Waals surface area contributed by atoms with Crippen molar-refractivity contribution >= 4 is 5.78 Å². The minimum atomic E-state index is -0.00995. The number of carbonyl (C=O) groups is 1. The van der Waals surface area contributed by atoms with Crippen molar-refractivity contribution in [2.45, 2.75) is 38.8 Å². The molecule has 0 aliphatic carbocycles. The van der Waals surface area contributed by atoms with Crippen LogP contribution in [0.1, 0.15) is 30.9 Å². The van der Waals surface area contributed by atoms with Gasteiger partial charge >= 0.3 is 0 Å². The quantitative estimate of drug-likeness (QED) is 0.804. The summed E-state index contributed by atoms with van der Waals surface area (Å²) in [5, 5.41) is 3.32. The highest BCUT2D eigenvalue weighted by Gasteiger charge is 2.22. The fourth-order valence-electron chi connectivity index (χ4n) is 2.19. The Morgan fingerprint density at radius 3 is 2.76 bits per heavy atom. The molecule has 1 N–H and O–H groups in total. The van der Waals surface area contributed by atoms with Gasteiger partial charge in [0.25, 0.3) is 0 Å². The lowest BCUT2D eigenvalue weighted by atomic mass is 9.92. The number of hydrogen-bond donors (Lipinski definition) is 1. The summed E-state index contributed by atoms with van der Waals surface area (Å²) in [5.74, 6) is 0.308. The Balaban J connectivity index is 1.97. The molecular formula is C15H19NO. The predicted molar refractivity (Wildman–Crippen MR) is 69.8 cm³/mol. The molecule has 1 atom stereocenters. The molecule has 0 amide bonds. The van der Waals surface area contributed by atoms with Crippen LogP contribution < -0.4 is 5.32 Å². The molecule has 0 saturated heterocycles. The highest BCUT2D eigenvalue weighted by molar-refractivity contribution is 5.84. The van der Waals surface area contributed by atoms with E-state index >= 15 is 0 Å². The number of ketones is 1. The van der Waals surface area contributed by atoms with Crippen LogP contribution >= 0.6 is 0 Å². The van der Waals surface area contributed by atoms with Crippen LogP contribution in [0.3, 0.4) is 0 Å². The van der Waals surface area contributed by atoms with Gasteiger partial charge in [0.05, 0.1) is 6.04 Å². The molecule has 0 radical (unpaired) electrons. The van der Waals surface area contributed by atoms with E-state index in [1.165, 1.54) is 11.1 Å². The number of rotatable bonds is 4. The van der Waals surface area contributed by atoms with Crippen LogP contribution in [0.4, 0.5) is 0 Å². The summed E-state index contributed by atoms with van der Waals surface area (Å²) in [4.78, 5) is 12.0. The van der Waals surface area contributed by atoms with E-state index in [4.69, 9.17) is 0 Å². The molecule has 1 aromatic carbocycles. The van der Waals surface area contributed by atoms with E-state index in [9.17, 15) is 4.79 Å². The second kappa shape index (κ2) is 5.28. The lowest BCUT2D eigenvalue weighted by molar-refractivity contribution is -0.121. The van der Waals surface area contributed by atoms with Crippen LogP contribution in [0.2, 0.25) is 0 Å². The van der Waals surface area contributed by atoms with Gasteiger partial charge in [-0.3, -0.25) is 4.79 Å². The number of hydrogen-bond acceptors (Lipinski definition) is 2. The van der Waals surface area contributed by atoms with Crippen LogP contribution in [-0.4, -0.2) is 11.8 Å². The number of fused-ring (bicyclic) bond motifs is 1. The summed E-state index contributed by atoms with van der Waals surface area (Å²) in [6, 6.07) is 8.32. The number of allylic oxidation sites excluding steroid dienone is 1. The van der Waals surface area contributed by atoms with Crippen LogP contribution in [0.15, 0.2) is 36.4 Å². The monoisotopic (exact) mass is 229 g/mol. The summed E-state index contributed by atoms with van der Waals surface area (Å²) in [6.07, 6.45) is 2.24. The molecule has 2 nitrogen and oxygen atoms in total. The largest absolute Gasteiger partial charge is 0.303 e. The molecule has 0 saturated carbocycles. The summed E-state index contributed by atoms with van der Waals surface area (Å²) >= 11 is 0. The molecule has 17 heavy (non-hydrogen) atoms. The molecule has 90 valence electrons. The maximum atomic E-state index is 12.0. The van der Waals surface area contributed by atoms with Gasteiger partial charge in [-0.2, -0.15) is 0 Å². The van der Waals surface area contributed by atoms with Crippen molar-refractivity contribution in [2.75, 3.05) is 0 Å². The summed E-state index contributed by atoms with van der Waals surface area (Å²) in [5.41, 5.74) is 3.70. The maximum absolute atomic E-state index is 12.0. The normalized spacial score (nSPS) is 18.5. The van der Waals surface area contributed by atoms with E-state index in [2.05, 4.69) is 24.0 Å². The van der Waals surface area contributed by atoms with Crippen molar-refractivity contribution in [1.29, 1.82) is 0 Å². The van der Waals surface area contributed by atoms with Crippen LogP contribution in [0.5, 0.6) is 0 Å². The second-order valence-corrected chi connectivity index (χ2v) is 4.83. The first-order valence-corrected chi connectivity index (χ1v) is 6.14. The SMILES string of the molecule is C=C(C)CCC(=O)C1Cc2ccccc2CN1. The molecule has 0 spiro atoms. The van der Waals surface area contributed by atoms with E-state index in [1.54, 1.807) is 0 Å². The first-order valence-electron chi connectivity index (χ1n) is 6.14. The van der Waals surface area contributed by atoms with E-state index in [0.29, 0.717) is 12.2 Å². The minimum Gasteiger partial charge on any atom is -0.303 e. The third kappa shape index (κ3) is 3.04. The Kier molecular flexibility index (Phi) is 3.75. The number of benzene rings is 1. The molecule has 1 unspecified atom stereocenters. The van der Waals surface area contributed by atoms with Crippen LogP contribution in [0.25, 0.3) is 0 Å². The van der Waals surface area contributed by atoms with Gasteiger partial charge in [-0.25, -0.2) is 0 Å². The van der Waals surface area contributed by atoms with Crippen molar-refractivity contribution in [3.63, 3.8) is 0 Å². The van der Waals surface area contributed by atoms with Crippen molar-refractivity contribution in [3.8, 4) is 0 Å². The Bertz CT molecular complexity index is 436. The molecule has 0 bridgehead atoms. The number of carbonyl (C=O) groups excluding carboxylic acids is 1. The molecule has 1 aliphatic rings. The standard InChI is InChI=1S/C15H19NO/c1-11(2)7-8-15(17)14-9-12-5-3-4-6-13(12)10-16-14/h3-6,14,16H,1,7-10H2,2H3. The Morgan fingerprint density at radius 1 is 1.35 bits per heavy atom. The molecule has 0 fully saturated rings. The molecular weight excluding hydrogens is 210 g/mol. The number of nitrogens with one attached hydrogen (secondary N) is 1. The van der Waals surface area contributed by atoms with Crippen LogP contribution in [-0.2, 0) is 17.8 Å². The van der Waals surface area contributed by atoms with Gasteiger partial charge in [0.15, 0.2) is 0 Å². The van der Waals surface area contributed by atoms with Gasteiger partial charge in [-0.15, -0.1) is 6.58 Å². The summed E-state index contributed by atoms with van der Waals surface area (Å²) < 4.78 is 0. The van der Waals surface area contributed by atoms with Gasteiger partial charge < -0.3 is 5.32 Å².